The van der Waals surface area contributed by atoms with Crippen molar-refractivity contribution in [2.24, 2.45) is 11.8 Å². The van der Waals surface area contributed by atoms with E-state index in [4.69, 9.17) is 0 Å². The van der Waals surface area contributed by atoms with Crippen molar-refractivity contribution in [2.45, 2.75) is 56.9 Å². The van der Waals surface area contributed by atoms with Crippen molar-refractivity contribution in [1.29, 1.82) is 0 Å². The van der Waals surface area contributed by atoms with Crippen LogP contribution in [0.2, 0.25) is 0 Å². The molecule has 1 atom stereocenters. The quantitative estimate of drug-likeness (QED) is 0.762. The van der Waals surface area contributed by atoms with Crippen molar-refractivity contribution in [2.75, 3.05) is 7.05 Å². The summed E-state index contributed by atoms with van der Waals surface area (Å²) in [4.78, 5) is 0. The SMILES string of the molecule is CNC(CC1CC1)C1CCC(F)(F)CC1. The van der Waals surface area contributed by atoms with Crippen molar-refractivity contribution < 1.29 is 8.78 Å². The summed E-state index contributed by atoms with van der Waals surface area (Å²) < 4.78 is 26.0. The first-order valence-electron chi connectivity index (χ1n) is 6.16. The third kappa shape index (κ3) is 3.13. The third-order valence-corrected chi connectivity index (χ3v) is 3.99. The number of rotatable bonds is 4. The molecule has 2 rings (SSSR count). The molecule has 88 valence electrons. The predicted molar refractivity (Wildman–Crippen MR) is 57.1 cm³/mol. The van der Waals surface area contributed by atoms with Crippen molar-refractivity contribution in [1.82, 2.24) is 5.32 Å². The van der Waals surface area contributed by atoms with Gasteiger partial charge in [0.05, 0.1) is 0 Å². The number of nitrogens with one attached hydrogen (secondary N) is 1. The van der Waals surface area contributed by atoms with E-state index in [1.54, 1.807) is 0 Å². The van der Waals surface area contributed by atoms with Crippen molar-refractivity contribution in [3.8, 4) is 0 Å². The van der Waals surface area contributed by atoms with Crippen LogP contribution in [0, 0.1) is 11.8 Å². The number of halogens is 2. The van der Waals surface area contributed by atoms with Crippen molar-refractivity contribution >= 4 is 0 Å². The predicted octanol–water partition coefficient (Wildman–Crippen LogP) is 3.20. The molecule has 15 heavy (non-hydrogen) atoms. The van der Waals surface area contributed by atoms with Gasteiger partial charge in [0.1, 0.15) is 0 Å². The summed E-state index contributed by atoms with van der Waals surface area (Å²) in [6, 6.07) is 0.480. The highest BCUT2D eigenvalue weighted by Gasteiger charge is 2.38. The molecule has 2 fully saturated rings. The van der Waals surface area contributed by atoms with Crippen LogP contribution in [0.5, 0.6) is 0 Å². The third-order valence-electron chi connectivity index (χ3n) is 3.99. The Bertz CT molecular complexity index is 204. The molecule has 0 aromatic heterocycles. The van der Waals surface area contributed by atoms with Gasteiger partial charge in [-0.1, -0.05) is 12.8 Å². The first kappa shape index (κ1) is 11.3. The molecule has 1 unspecified atom stereocenters. The lowest BCUT2D eigenvalue weighted by molar-refractivity contribution is -0.0497. The topological polar surface area (TPSA) is 12.0 Å². The summed E-state index contributed by atoms with van der Waals surface area (Å²) >= 11 is 0. The van der Waals surface area contributed by atoms with Crippen LogP contribution in [0.15, 0.2) is 0 Å². The highest BCUT2D eigenvalue weighted by atomic mass is 19.3. The Balaban J connectivity index is 1.81. The summed E-state index contributed by atoms with van der Waals surface area (Å²) in [5.41, 5.74) is 0. The molecule has 0 aromatic carbocycles. The number of hydrogen-bond donors (Lipinski definition) is 1. The molecule has 1 nitrogen and oxygen atoms in total. The van der Waals surface area contributed by atoms with E-state index >= 15 is 0 Å². The molecule has 3 heteroatoms. The molecule has 0 bridgehead atoms. The average molecular weight is 217 g/mol. The molecule has 0 spiro atoms. The van der Waals surface area contributed by atoms with Gasteiger partial charge >= 0.3 is 0 Å². The molecule has 2 aliphatic rings. The fourth-order valence-electron chi connectivity index (χ4n) is 2.72. The van der Waals surface area contributed by atoms with Gasteiger partial charge in [-0.05, 0) is 38.1 Å². The number of alkyl halides is 2. The van der Waals surface area contributed by atoms with Gasteiger partial charge in [0.2, 0.25) is 5.92 Å². The van der Waals surface area contributed by atoms with E-state index in [1.165, 1.54) is 19.3 Å². The van der Waals surface area contributed by atoms with Crippen LogP contribution in [0.1, 0.15) is 44.9 Å². The first-order valence-corrected chi connectivity index (χ1v) is 6.16. The summed E-state index contributed by atoms with van der Waals surface area (Å²) in [6.45, 7) is 0. The fourth-order valence-corrected chi connectivity index (χ4v) is 2.72. The maximum absolute atomic E-state index is 13.0. The Kier molecular flexibility index (Phi) is 3.29. The van der Waals surface area contributed by atoms with Gasteiger partial charge in [0, 0.05) is 18.9 Å². The van der Waals surface area contributed by atoms with E-state index in [1.807, 2.05) is 7.05 Å². The lowest BCUT2D eigenvalue weighted by Gasteiger charge is -2.33. The zero-order chi connectivity index (χ0) is 10.9. The Labute approximate surface area is 90.6 Å². The minimum atomic E-state index is -2.38. The highest BCUT2D eigenvalue weighted by molar-refractivity contribution is 4.88. The Morgan fingerprint density at radius 2 is 1.80 bits per heavy atom. The summed E-state index contributed by atoms with van der Waals surface area (Å²) in [5.74, 6) is -1.02. The minimum Gasteiger partial charge on any atom is -0.317 e. The van der Waals surface area contributed by atoms with E-state index in [0.29, 0.717) is 24.8 Å². The summed E-state index contributed by atoms with van der Waals surface area (Å²) in [6.07, 6.45) is 5.49. The van der Waals surface area contributed by atoms with Crippen LogP contribution >= 0.6 is 0 Å². The maximum Gasteiger partial charge on any atom is 0.248 e. The fraction of sp³-hybridized carbons (Fsp3) is 1.00. The highest BCUT2D eigenvalue weighted by Crippen LogP contribution is 2.41. The van der Waals surface area contributed by atoms with Crippen LogP contribution in [0.3, 0.4) is 0 Å². The van der Waals surface area contributed by atoms with Gasteiger partial charge in [-0.15, -0.1) is 0 Å². The van der Waals surface area contributed by atoms with E-state index in [2.05, 4.69) is 5.32 Å². The standard InChI is InChI=1S/C12H21F2N/c1-15-11(8-9-2-3-9)10-4-6-12(13,14)7-5-10/h9-11,15H,2-8H2,1H3. The second-order valence-electron chi connectivity index (χ2n) is 5.27. The van der Waals surface area contributed by atoms with E-state index in [-0.39, 0.29) is 12.8 Å². The molecule has 0 saturated heterocycles. The molecule has 2 aliphatic carbocycles. The second kappa shape index (κ2) is 4.36. The van der Waals surface area contributed by atoms with Crippen molar-refractivity contribution in [3.63, 3.8) is 0 Å². The van der Waals surface area contributed by atoms with E-state index in [0.717, 1.165) is 5.92 Å². The molecule has 1 N–H and O–H groups in total. The molecular weight excluding hydrogens is 196 g/mol. The lowest BCUT2D eigenvalue weighted by Crippen LogP contribution is -2.38. The van der Waals surface area contributed by atoms with Crippen LogP contribution in [0.25, 0.3) is 0 Å². The summed E-state index contributed by atoms with van der Waals surface area (Å²) in [7, 11) is 1.97. The lowest BCUT2D eigenvalue weighted by atomic mass is 9.80. The summed E-state index contributed by atoms with van der Waals surface area (Å²) in [5, 5.41) is 3.33. The molecule has 2 saturated carbocycles. The molecule has 0 amide bonds. The van der Waals surface area contributed by atoms with Gasteiger partial charge in [-0.3, -0.25) is 0 Å². The first-order chi connectivity index (χ1) is 7.11. The second-order valence-corrected chi connectivity index (χ2v) is 5.27. The van der Waals surface area contributed by atoms with Crippen LogP contribution < -0.4 is 5.32 Å². The van der Waals surface area contributed by atoms with Gasteiger partial charge in [0.25, 0.3) is 0 Å². The molecule has 0 aliphatic heterocycles. The monoisotopic (exact) mass is 217 g/mol. The molecule has 0 heterocycles. The zero-order valence-electron chi connectivity index (χ0n) is 9.44. The maximum atomic E-state index is 13.0. The van der Waals surface area contributed by atoms with Crippen molar-refractivity contribution in [3.05, 3.63) is 0 Å². The number of hydrogen-bond acceptors (Lipinski definition) is 1. The van der Waals surface area contributed by atoms with Gasteiger partial charge in [-0.2, -0.15) is 0 Å². The average Bonchev–Trinajstić information content (AvgIpc) is 2.98. The van der Waals surface area contributed by atoms with E-state index < -0.39 is 5.92 Å². The molecule has 0 aromatic rings. The van der Waals surface area contributed by atoms with Gasteiger partial charge < -0.3 is 5.32 Å². The smallest absolute Gasteiger partial charge is 0.248 e. The van der Waals surface area contributed by atoms with Gasteiger partial charge in [0.15, 0.2) is 0 Å². The minimum absolute atomic E-state index is 0.0977. The van der Waals surface area contributed by atoms with Crippen LogP contribution in [0.4, 0.5) is 8.78 Å². The Morgan fingerprint density at radius 1 is 1.20 bits per heavy atom. The van der Waals surface area contributed by atoms with Gasteiger partial charge in [-0.25, -0.2) is 8.78 Å². The largest absolute Gasteiger partial charge is 0.317 e. The Morgan fingerprint density at radius 3 is 2.27 bits per heavy atom. The zero-order valence-corrected chi connectivity index (χ0v) is 9.44. The Hall–Kier alpha value is -0.180. The normalized spacial score (nSPS) is 29.0. The van der Waals surface area contributed by atoms with Crippen LogP contribution in [-0.4, -0.2) is 19.0 Å². The molecule has 0 radical (unpaired) electrons. The van der Waals surface area contributed by atoms with E-state index in [9.17, 15) is 8.78 Å². The van der Waals surface area contributed by atoms with Crippen LogP contribution in [-0.2, 0) is 0 Å². The molecular formula is C12H21F2N.